The molecule has 3 rings (SSSR count). The molecule has 22 heavy (non-hydrogen) atoms. The zero-order valence-electron chi connectivity index (χ0n) is 11.4. The van der Waals surface area contributed by atoms with Gasteiger partial charge in [-0.15, -0.1) is 13.2 Å². The first-order chi connectivity index (χ1) is 10.4. The van der Waals surface area contributed by atoms with Gasteiger partial charge in [-0.2, -0.15) is 0 Å². The molecule has 0 radical (unpaired) electrons. The summed E-state index contributed by atoms with van der Waals surface area (Å²) < 4.78 is 61.0. The zero-order chi connectivity index (χ0) is 15.7. The molecular formula is C16H12F4O2. The quantitative estimate of drug-likeness (QED) is 0.747. The van der Waals surface area contributed by atoms with E-state index in [-0.39, 0.29) is 16.9 Å². The molecule has 2 aromatic carbocycles. The van der Waals surface area contributed by atoms with E-state index in [0.717, 1.165) is 6.42 Å². The van der Waals surface area contributed by atoms with Gasteiger partial charge in [-0.3, -0.25) is 0 Å². The maximum absolute atomic E-state index is 13.8. The lowest BCUT2D eigenvalue weighted by Gasteiger charge is -2.22. The monoisotopic (exact) mass is 312 g/mol. The fourth-order valence-corrected chi connectivity index (χ4v) is 2.55. The largest absolute Gasteiger partial charge is 0.573 e. The van der Waals surface area contributed by atoms with Crippen molar-refractivity contribution in [2.24, 2.45) is 0 Å². The fourth-order valence-electron chi connectivity index (χ4n) is 2.55. The van der Waals surface area contributed by atoms with Gasteiger partial charge >= 0.3 is 6.36 Å². The summed E-state index contributed by atoms with van der Waals surface area (Å²) in [6.45, 7) is 0.452. The van der Waals surface area contributed by atoms with Crippen LogP contribution in [0.25, 0.3) is 11.1 Å². The molecule has 0 spiro atoms. The van der Waals surface area contributed by atoms with Crippen LogP contribution < -0.4 is 9.47 Å². The average molecular weight is 312 g/mol. The lowest BCUT2D eigenvalue weighted by Crippen LogP contribution is -2.18. The topological polar surface area (TPSA) is 18.5 Å². The van der Waals surface area contributed by atoms with Gasteiger partial charge in [0.15, 0.2) is 0 Å². The molecule has 0 fully saturated rings. The number of aryl methyl sites for hydroxylation is 1. The van der Waals surface area contributed by atoms with Crippen LogP contribution in [-0.4, -0.2) is 13.0 Å². The summed E-state index contributed by atoms with van der Waals surface area (Å²) in [5, 5.41) is 0. The van der Waals surface area contributed by atoms with Crippen LogP contribution in [-0.2, 0) is 6.42 Å². The highest BCUT2D eigenvalue weighted by atomic mass is 19.4. The molecular weight excluding hydrogens is 300 g/mol. The van der Waals surface area contributed by atoms with Crippen molar-refractivity contribution in [1.29, 1.82) is 0 Å². The molecule has 2 aromatic rings. The number of rotatable bonds is 2. The van der Waals surface area contributed by atoms with Crippen molar-refractivity contribution >= 4 is 0 Å². The van der Waals surface area contributed by atoms with E-state index in [0.29, 0.717) is 24.3 Å². The molecule has 0 aromatic heterocycles. The molecule has 0 saturated heterocycles. The van der Waals surface area contributed by atoms with Crippen LogP contribution in [0.1, 0.15) is 12.0 Å². The van der Waals surface area contributed by atoms with Crippen molar-refractivity contribution in [1.82, 2.24) is 0 Å². The Morgan fingerprint density at radius 3 is 2.59 bits per heavy atom. The summed E-state index contributed by atoms with van der Waals surface area (Å²) in [4.78, 5) is 0. The summed E-state index contributed by atoms with van der Waals surface area (Å²) in [5.74, 6) is -0.469. The van der Waals surface area contributed by atoms with Crippen molar-refractivity contribution in [2.45, 2.75) is 19.2 Å². The van der Waals surface area contributed by atoms with Crippen LogP contribution >= 0.6 is 0 Å². The van der Waals surface area contributed by atoms with Crippen LogP contribution in [0, 0.1) is 5.82 Å². The van der Waals surface area contributed by atoms with Crippen LogP contribution in [0.3, 0.4) is 0 Å². The van der Waals surface area contributed by atoms with Gasteiger partial charge in [0.05, 0.1) is 6.61 Å². The molecule has 1 heterocycles. The fraction of sp³-hybridized carbons (Fsp3) is 0.250. The molecule has 0 amide bonds. The van der Waals surface area contributed by atoms with E-state index in [1.54, 1.807) is 6.07 Å². The summed E-state index contributed by atoms with van der Waals surface area (Å²) in [7, 11) is 0. The number of hydrogen-bond acceptors (Lipinski definition) is 2. The maximum Gasteiger partial charge on any atom is 0.573 e. The first-order valence-electron chi connectivity index (χ1n) is 6.74. The molecule has 0 N–H and O–H groups in total. The molecule has 0 bridgehead atoms. The third-order valence-electron chi connectivity index (χ3n) is 3.37. The summed E-state index contributed by atoms with van der Waals surface area (Å²) in [6.07, 6.45) is -3.44. The second kappa shape index (κ2) is 5.51. The molecule has 0 atom stereocenters. The Bertz CT molecular complexity index is 695. The number of hydrogen-bond donors (Lipinski definition) is 0. The van der Waals surface area contributed by atoms with E-state index in [9.17, 15) is 17.6 Å². The number of para-hydroxylation sites is 1. The first-order valence-corrected chi connectivity index (χ1v) is 6.74. The Hall–Kier alpha value is -2.24. The van der Waals surface area contributed by atoms with Gasteiger partial charge in [-0.1, -0.05) is 18.2 Å². The highest BCUT2D eigenvalue weighted by molar-refractivity contribution is 5.77. The van der Waals surface area contributed by atoms with E-state index >= 15 is 0 Å². The lowest BCUT2D eigenvalue weighted by molar-refractivity contribution is -0.274. The third-order valence-corrected chi connectivity index (χ3v) is 3.37. The lowest BCUT2D eigenvalue weighted by atomic mass is 9.97. The summed E-state index contributed by atoms with van der Waals surface area (Å²) >= 11 is 0. The van der Waals surface area contributed by atoms with Crippen molar-refractivity contribution < 1.29 is 27.0 Å². The molecule has 6 heteroatoms. The standard InChI is InChI=1S/C16H12F4O2/c17-11-8-10-4-3-7-21-15(10)13(9-11)12-5-1-2-6-14(12)22-16(18,19)20/h1-2,5-6,8-9H,3-4,7H2. The van der Waals surface area contributed by atoms with Crippen molar-refractivity contribution in [3.63, 3.8) is 0 Å². The van der Waals surface area contributed by atoms with E-state index in [1.165, 1.54) is 30.3 Å². The predicted octanol–water partition coefficient (Wildman–Crippen LogP) is 4.72. The highest BCUT2D eigenvalue weighted by Crippen LogP contribution is 2.42. The van der Waals surface area contributed by atoms with E-state index in [4.69, 9.17) is 4.74 Å². The Morgan fingerprint density at radius 1 is 1.05 bits per heavy atom. The minimum absolute atomic E-state index is 0.150. The van der Waals surface area contributed by atoms with Gasteiger partial charge in [0.25, 0.3) is 0 Å². The molecule has 0 saturated carbocycles. The van der Waals surface area contributed by atoms with E-state index < -0.39 is 12.2 Å². The third kappa shape index (κ3) is 3.00. The average Bonchev–Trinajstić information content (AvgIpc) is 2.45. The maximum atomic E-state index is 13.8. The van der Waals surface area contributed by atoms with E-state index in [2.05, 4.69) is 4.74 Å². The highest BCUT2D eigenvalue weighted by Gasteiger charge is 2.32. The summed E-state index contributed by atoms with van der Waals surface area (Å²) in [6, 6.07) is 8.17. The predicted molar refractivity (Wildman–Crippen MR) is 72.3 cm³/mol. The van der Waals surface area contributed by atoms with Crippen molar-refractivity contribution in [3.05, 3.63) is 47.8 Å². The smallest absolute Gasteiger partial charge is 0.493 e. The number of benzene rings is 2. The van der Waals surface area contributed by atoms with Crippen LogP contribution in [0.5, 0.6) is 11.5 Å². The Morgan fingerprint density at radius 2 is 1.82 bits per heavy atom. The van der Waals surface area contributed by atoms with Gasteiger partial charge in [0.2, 0.25) is 0 Å². The van der Waals surface area contributed by atoms with E-state index in [1.807, 2.05) is 0 Å². The minimum Gasteiger partial charge on any atom is -0.493 e. The molecule has 2 nitrogen and oxygen atoms in total. The van der Waals surface area contributed by atoms with Gasteiger partial charge in [0.1, 0.15) is 17.3 Å². The molecule has 1 aliphatic rings. The van der Waals surface area contributed by atoms with Gasteiger partial charge in [0, 0.05) is 11.1 Å². The van der Waals surface area contributed by atoms with Crippen LogP contribution in [0.4, 0.5) is 17.6 Å². The second-order valence-electron chi connectivity index (χ2n) is 4.94. The number of alkyl halides is 3. The molecule has 0 aliphatic carbocycles. The summed E-state index contributed by atoms with van der Waals surface area (Å²) in [5.41, 5.74) is 1.08. The van der Waals surface area contributed by atoms with Gasteiger partial charge in [-0.05, 0) is 36.6 Å². The van der Waals surface area contributed by atoms with Crippen molar-refractivity contribution in [2.75, 3.05) is 6.61 Å². The number of ether oxygens (including phenoxy) is 2. The van der Waals surface area contributed by atoms with Gasteiger partial charge in [-0.25, -0.2) is 4.39 Å². The van der Waals surface area contributed by atoms with Crippen LogP contribution in [0.15, 0.2) is 36.4 Å². The normalized spacial score (nSPS) is 14.2. The zero-order valence-corrected chi connectivity index (χ0v) is 11.4. The van der Waals surface area contributed by atoms with Crippen LogP contribution in [0.2, 0.25) is 0 Å². The first kappa shape index (κ1) is 14.7. The molecule has 0 unspecified atom stereocenters. The Labute approximate surface area is 124 Å². The number of halogens is 4. The molecule has 1 aliphatic heterocycles. The molecule has 116 valence electrons. The Kier molecular flexibility index (Phi) is 3.68. The van der Waals surface area contributed by atoms with Crippen molar-refractivity contribution in [3.8, 4) is 22.6 Å². The SMILES string of the molecule is Fc1cc2c(c(-c3ccccc3OC(F)(F)F)c1)OCCC2. The Balaban J connectivity index is 2.14. The minimum atomic E-state index is -4.82. The second-order valence-corrected chi connectivity index (χ2v) is 4.94. The number of fused-ring (bicyclic) bond motifs is 1. The van der Waals surface area contributed by atoms with Gasteiger partial charge < -0.3 is 9.47 Å².